The summed E-state index contributed by atoms with van der Waals surface area (Å²) in [5.74, 6) is -0.702. The molecule has 0 bridgehead atoms. The highest BCUT2D eigenvalue weighted by Gasteiger charge is 2.33. The molecule has 0 saturated carbocycles. The van der Waals surface area contributed by atoms with Gasteiger partial charge in [-0.05, 0) is 43.5 Å². The molecule has 2 unspecified atom stereocenters. The van der Waals surface area contributed by atoms with Crippen LogP contribution in [-0.2, 0) is 4.79 Å². The molecule has 1 aliphatic heterocycles. The van der Waals surface area contributed by atoms with Gasteiger partial charge in [-0.3, -0.25) is 9.69 Å². The predicted octanol–water partition coefficient (Wildman–Crippen LogP) is 3.73. The zero-order chi connectivity index (χ0) is 13.8. The highest BCUT2D eigenvalue weighted by atomic mass is 35.5. The van der Waals surface area contributed by atoms with Gasteiger partial charge in [-0.2, -0.15) is 0 Å². The summed E-state index contributed by atoms with van der Waals surface area (Å²) in [7, 11) is 0. The third kappa shape index (κ3) is 3.28. The minimum Gasteiger partial charge on any atom is -0.480 e. The molecule has 4 heteroatoms. The predicted molar refractivity (Wildman–Crippen MR) is 76.5 cm³/mol. The van der Waals surface area contributed by atoms with Crippen LogP contribution < -0.4 is 0 Å². The van der Waals surface area contributed by atoms with Crippen LogP contribution in [0.25, 0.3) is 0 Å². The smallest absolute Gasteiger partial charge is 0.320 e. The number of hydrogen-bond acceptors (Lipinski definition) is 2. The van der Waals surface area contributed by atoms with Gasteiger partial charge in [0.05, 0.1) is 0 Å². The summed E-state index contributed by atoms with van der Waals surface area (Å²) >= 11 is 5.92. The van der Waals surface area contributed by atoms with E-state index < -0.39 is 5.97 Å². The number of carboxylic acids is 1. The monoisotopic (exact) mass is 281 g/mol. The van der Waals surface area contributed by atoms with Gasteiger partial charge in [0.1, 0.15) is 6.04 Å². The Morgan fingerprint density at radius 1 is 1.42 bits per heavy atom. The number of benzene rings is 1. The van der Waals surface area contributed by atoms with Crippen LogP contribution in [0.3, 0.4) is 0 Å². The molecule has 1 heterocycles. The molecule has 1 aliphatic rings. The van der Waals surface area contributed by atoms with Crippen molar-refractivity contribution in [1.82, 2.24) is 4.90 Å². The number of carboxylic acid groups (broad SMARTS) is 1. The van der Waals surface area contributed by atoms with E-state index >= 15 is 0 Å². The van der Waals surface area contributed by atoms with Crippen molar-refractivity contribution in [2.45, 2.75) is 44.7 Å². The van der Waals surface area contributed by atoms with Crippen molar-refractivity contribution in [3.05, 3.63) is 34.9 Å². The summed E-state index contributed by atoms with van der Waals surface area (Å²) in [4.78, 5) is 13.5. The van der Waals surface area contributed by atoms with E-state index in [9.17, 15) is 9.90 Å². The van der Waals surface area contributed by atoms with Crippen LogP contribution in [0.15, 0.2) is 24.3 Å². The summed E-state index contributed by atoms with van der Waals surface area (Å²) in [6.45, 7) is 2.96. The Bertz CT molecular complexity index is 432. The molecule has 2 rings (SSSR count). The summed E-state index contributed by atoms with van der Waals surface area (Å²) in [6, 6.07) is 7.57. The third-order valence-corrected chi connectivity index (χ3v) is 4.12. The van der Waals surface area contributed by atoms with Crippen LogP contribution in [0.2, 0.25) is 5.02 Å². The third-order valence-electron chi connectivity index (χ3n) is 3.87. The first kappa shape index (κ1) is 14.4. The maximum Gasteiger partial charge on any atom is 0.320 e. The number of nitrogens with zero attached hydrogens (tertiary/aromatic N) is 1. The molecule has 1 aromatic rings. The lowest BCUT2D eigenvalue weighted by atomic mass is 9.95. The van der Waals surface area contributed by atoms with Gasteiger partial charge in [0.2, 0.25) is 0 Å². The van der Waals surface area contributed by atoms with E-state index in [1.54, 1.807) is 0 Å². The SMILES string of the molecule is CCC(c1ccc(Cl)cc1)N1CCCCC1C(=O)O. The number of halogens is 1. The average molecular weight is 282 g/mol. The van der Waals surface area contributed by atoms with E-state index in [0.717, 1.165) is 37.8 Å². The number of hydrogen-bond donors (Lipinski definition) is 1. The fourth-order valence-corrected chi connectivity index (χ4v) is 3.06. The topological polar surface area (TPSA) is 40.5 Å². The molecule has 1 saturated heterocycles. The van der Waals surface area contributed by atoms with Gasteiger partial charge in [-0.25, -0.2) is 0 Å². The number of piperidine rings is 1. The summed E-state index contributed by atoms with van der Waals surface area (Å²) in [5.41, 5.74) is 1.15. The second-order valence-electron chi connectivity index (χ2n) is 5.06. The molecule has 0 amide bonds. The molecule has 104 valence electrons. The fraction of sp³-hybridized carbons (Fsp3) is 0.533. The van der Waals surface area contributed by atoms with E-state index in [1.807, 2.05) is 24.3 Å². The highest BCUT2D eigenvalue weighted by molar-refractivity contribution is 6.30. The Kier molecular flexibility index (Phi) is 4.83. The summed E-state index contributed by atoms with van der Waals surface area (Å²) < 4.78 is 0. The van der Waals surface area contributed by atoms with Crippen molar-refractivity contribution < 1.29 is 9.90 Å². The number of aliphatic carboxylic acids is 1. The molecular formula is C15H20ClNO2. The second kappa shape index (κ2) is 6.40. The summed E-state index contributed by atoms with van der Waals surface area (Å²) in [5, 5.41) is 10.1. The van der Waals surface area contributed by atoms with Crippen LogP contribution in [0.5, 0.6) is 0 Å². The first-order chi connectivity index (χ1) is 9.13. The van der Waals surface area contributed by atoms with Crippen LogP contribution in [0.4, 0.5) is 0 Å². The van der Waals surface area contributed by atoms with Crippen molar-refractivity contribution >= 4 is 17.6 Å². The van der Waals surface area contributed by atoms with Crippen LogP contribution in [0.1, 0.15) is 44.2 Å². The van der Waals surface area contributed by atoms with Crippen LogP contribution >= 0.6 is 11.6 Å². The van der Waals surface area contributed by atoms with Gasteiger partial charge in [-0.1, -0.05) is 37.1 Å². The number of likely N-dealkylation sites (tertiary alicyclic amines) is 1. The highest BCUT2D eigenvalue weighted by Crippen LogP contribution is 2.31. The van der Waals surface area contributed by atoms with E-state index in [0.29, 0.717) is 5.02 Å². The zero-order valence-corrected chi connectivity index (χ0v) is 11.9. The van der Waals surface area contributed by atoms with Gasteiger partial charge in [0.25, 0.3) is 0 Å². The first-order valence-corrected chi connectivity index (χ1v) is 7.25. The molecule has 0 aliphatic carbocycles. The second-order valence-corrected chi connectivity index (χ2v) is 5.50. The Morgan fingerprint density at radius 3 is 2.68 bits per heavy atom. The van der Waals surface area contributed by atoms with Gasteiger partial charge >= 0.3 is 5.97 Å². The largest absolute Gasteiger partial charge is 0.480 e. The standard InChI is InChI=1S/C15H20ClNO2/c1-2-13(11-6-8-12(16)9-7-11)17-10-4-3-5-14(17)15(18)19/h6-9,13-14H,2-5,10H2,1H3,(H,18,19). The molecule has 0 aromatic heterocycles. The van der Waals surface area contributed by atoms with Crippen molar-refractivity contribution in [2.24, 2.45) is 0 Å². The molecule has 2 atom stereocenters. The van der Waals surface area contributed by atoms with E-state index in [1.165, 1.54) is 0 Å². The normalized spacial score (nSPS) is 22.1. The molecule has 3 nitrogen and oxygen atoms in total. The molecule has 0 spiro atoms. The summed E-state index contributed by atoms with van der Waals surface area (Å²) in [6.07, 6.45) is 3.74. The Morgan fingerprint density at radius 2 is 2.11 bits per heavy atom. The van der Waals surface area contributed by atoms with Crippen molar-refractivity contribution in [2.75, 3.05) is 6.54 Å². The molecule has 1 fully saturated rings. The number of carbonyl (C=O) groups is 1. The zero-order valence-electron chi connectivity index (χ0n) is 11.2. The lowest BCUT2D eigenvalue weighted by Gasteiger charge is -2.39. The van der Waals surface area contributed by atoms with E-state index in [4.69, 9.17) is 11.6 Å². The molecule has 1 N–H and O–H groups in total. The maximum atomic E-state index is 11.4. The van der Waals surface area contributed by atoms with Crippen molar-refractivity contribution in [3.8, 4) is 0 Å². The van der Waals surface area contributed by atoms with Crippen LogP contribution in [-0.4, -0.2) is 28.6 Å². The Labute approximate surface area is 119 Å². The average Bonchev–Trinajstić information content (AvgIpc) is 2.42. The Hall–Kier alpha value is -1.06. The van der Waals surface area contributed by atoms with Crippen molar-refractivity contribution in [1.29, 1.82) is 0 Å². The minimum absolute atomic E-state index is 0.165. The first-order valence-electron chi connectivity index (χ1n) is 6.87. The molecule has 19 heavy (non-hydrogen) atoms. The van der Waals surface area contributed by atoms with Gasteiger partial charge in [0, 0.05) is 11.1 Å². The molecule has 1 aromatic carbocycles. The lowest BCUT2D eigenvalue weighted by molar-refractivity contribution is -0.146. The lowest BCUT2D eigenvalue weighted by Crippen LogP contribution is -2.46. The fourth-order valence-electron chi connectivity index (χ4n) is 2.94. The van der Waals surface area contributed by atoms with Gasteiger partial charge < -0.3 is 5.11 Å². The quantitative estimate of drug-likeness (QED) is 0.914. The maximum absolute atomic E-state index is 11.4. The number of rotatable bonds is 4. The van der Waals surface area contributed by atoms with Crippen LogP contribution in [0, 0.1) is 0 Å². The van der Waals surface area contributed by atoms with Crippen molar-refractivity contribution in [3.63, 3.8) is 0 Å². The van der Waals surface area contributed by atoms with E-state index in [-0.39, 0.29) is 12.1 Å². The Balaban J connectivity index is 2.24. The molecular weight excluding hydrogens is 262 g/mol. The van der Waals surface area contributed by atoms with Gasteiger partial charge in [0.15, 0.2) is 0 Å². The van der Waals surface area contributed by atoms with Gasteiger partial charge in [-0.15, -0.1) is 0 Å². The van der Waals surface area contributed by atoms with E-state index in [2.05, 4.69) is 11.8 Å². The molecule has 0 radical (unpaired) electrons. The minimum atomic E-state index is -0.702.